The number of carboxylic acid groups (broad SMARTS) is 1. The lowest BCUT2D eigenvalue weighted by Gasteiger charge is -2.45. The molecule has 2 saturated heterocycles. The Hall–Kier alpha value is -0.610. The third-order valence-corrected chi connectivity index (χ3v) is 4.96. The van der Waals surface area contributed by atoms with Gasteiger partial charge in [-0.15, -0.1) is 0 Å². The highest BCUT2D eigenvalue weighted by Crippen LogP contribution is 2.44. The summed E-state index contributed by atoms with van der Waals surface area (Å²) in [6.45, 7) is 2.06. The second-order valence-corrected chi connectivity index (χ2v) is 6.10. The Morgan fingerprint density at radius 2 is 1.94 bits per heavy atom. The summed E-state index contributed by atoms with van der Waals surface area (Å²) in [5.41, 5.74) is -0.987. The molecule has 0 aromatic carbocycles. The first-order chi connectivity index (χ1) is 8.48. The fourth-order valence-corrected chi connectivity index (χ4v) is 3.80. The van der Waals surface area contributed by atoms with Gasteiger partial charge in [0.1, 0.15) is 0 Å². The normalized spacial score (nSPS) is 37.7. The zero-order valence-corrected chi connectivity index (χ0v) is 11.4. The molecule has 2 aliphatic rings. The number of aliphatic hydroxyl groups is 1. The average molecular weight is 255 g/mol. The molecule has 2 bridgehead atoms. The molecular formula is C14H25NO3. The first-order valence-corrected chi connectivity index (χ1v) is 7.15. The van der Waals surface area contributed by atoms with Crippen molar-refractivity contribution in [3.63, 3.8) is 0 Å². The van der Waals surface area contributed by atoms with Crippen LogP contribution < -0.4 is 0 Å². The summed E-state index contributed by atoms with van der Waals surface area (Å²) < 4.78 is 0. The maximum Gasteiger partial charge on any atom is 0.309 e. The summed E-state index contributed by atoms with van der Waals surface area (Å²) in [4.78, 5) is 13.8. The molecule has 0 amide bonds. The maximum absolute atomic E-state index is 11.5. The van der Waals surface area contributed by atoms with Crippen LogP contribution in [0.15, 0.2) is 0 Å². The number of hydrogen-bond donors (Lipinski definition) is 2. The zero-order valence-electron chi connectivity index (χ0n) is 11.4. The van der Waals surface area contributed by atoms with Crippen molar-refractivity contribution in [2.45, 2.75) is 69.6 Å². The van der Waals surface area contributed by atoms with Gasteiger partial charge in [0.15, 0.2) is 0 Å². The molecule has 3 unspecified atom stereocenters. The highest BCUT2D eigenvalue weighted by molar-refractivity contribution is 5.71. The Labute approximate surface area is 109 Å². The van der Waals surface area contributed by atoms with Crippen LogP contribution in [0, 0.1) is 5.92 Å². The summed E-state index contributed by atoms with van der Waals surface area (Å²) in [6, 6.07) is 0.745. The van der Waals surface area contributed by atoms with Gasteiger partial charge in [0.25, 0.3) is 0 Å². The van der Waals surface area contributed by atoms with Crippen LogP contribution in [0.3, 0.4) is 0 Å². The largest absolute Gasteiger partial charge is 0.481 e. The van der Waals surface area contributed by atoms with Crippen LogP contribution in [-0.4, -0.2) is 45.8 Å². The predicted octanol–water partition coefficient (Wildman–Crippen LogP) is 1.87. The van der Waals surface area contributed by atoms with Gasteiger partial charge in [-0.1, -0.05) is 19.8 Å². The molecule has 2 N–H and O–H groups in total. The summed E-state index contributed by atoms with van der Waals surface area (Å²) in [5, 5.41) is 20.2. The molecule has 0 aliphatic carbocycles. The fourth-order valence-electron chi connectivity index (χ4n) is 3.80. The second-order valence-electron chi connectivity index (χ2n) is 6.10. The van der Waals surface area contributed by atoms with Crippen LogP contribution in [0.2, 0.25) is 0 Å². The molecule has 2 rings (SSSR count). The Morgan fingerprint density at radius 1 is 1.39 bits per heavy atom. The van der Waals surface area contributed by atoms with Gasteiger partial charge in [-0.25, -0.2) is 0 Å². The molecular weight excluding hydrogens is 230 g/mol. The Balaban J connectivity index is 2.11. The van der Waals surface area contributed by atoms with E-state index in [4.69, 9.17) is 0 Å². The summed E-state index contributed by atoms with van der Waals surface area (Å²) in [6.07, 6.45) is 5.91. The first-order valence-electron chi connectivity index (χ1n) is 7.15. The maximum atomic E-state index is 11.5. The molecule has 0 aromatic rings. The standard InChI is InChI=1S/C14H25NO3/c1-3-4-5-12(13(16)17)14(18)8-10-6-7-11(9-14)15(10)2/h10-12,18H,3-9H2,1-2H3,(H,16,17). The van der Waals surface area contributed by atoms with Gasteiger partial charge in [-0.05, 0) is 39.2 Å². The minimum absolute atomic E-state index is 0.372. The highest BCUT2D eigenvalue weighted by Gasteiger charge is 2.51. The minimum Gasteiger partial charge on any atom is -0.481 e. The Bertz CT molecular complexity index is 304. The molecule has 2 heterocycles. The lowest BCUT2D eigenvalue weighted by atomic mass is 9.74. The number of hydrogen-bond acceptors (Lipinski definition) is 3. The molecule has 2 aliphatic heterocycles. The van der Waals surface area contributed by atoms with Crippen molar-refractivity contribution < 1.29 is 15.0 Å². The van der Waals surface area contributed by atoms with Crippen LogP contribution in [0.5, 0.6) is 0 Å². The molecule has 3 atom stereocenters. The van der Waals surface area contributed by atoms with E-state index in [1.165, 1.54) is 0 Å². The van der Waals surface area contributed by atoms with Crippen LogP contribution in [-0.2, 0) is 4.79 Å². The molecule has 0 aromatic heterocycles. The smallest absolute Gasteiger partial charge is 0.309 e. The topological polar surface area (TPSA) is 60.8 Å². The number of aliphatic carboxylic acids is 1. The number of rotatable bonds is 5. The van der Waals surface area contributed by atoms with Crippen molar-refractivity contribution in [3.05, 3.63) is 0 Å². The van der Waals surface area contributed by atoms with E-state index in [1.807, 2.05) is 0 Å². The molecule has 0 saturated carbocycles. The van der Waals surface area contributed by atoms with Gasteiger partial charge in [-0.2, -0.15) is 0 Å². The SMILES string of the molecule is CCCCC(C(=O)O)C1(O)CC2CCC(C1)N2C. The summed E-state index contributed by atoms with van der Waals surface area (Å²) >= 11 is 0. The van der Waals surface area contributed by atoms with Gasteiger partial charge < -0.3 is 15.1 Å². The lowest BCUT2D eigenvalue weighted by Crippen LogP contribution is -2.54. The minimum atomic E-state index is -0.987. The molecule has 0 spiro atoms. The van der Waals surface area contributed by atoms with Crippen molar-refractivity contribution in [2.75, 3.05) is 7.05 Å². The number of unbranched alkanes of at least 4 members (excludes halogenated alkanes) is 1. The lowest BCUT2D eigenvalue weighted by molar-refractivity contribution is -0.159. The van der Waals surface area contributed by atoms with Crippen LogP contribution in [0.1, 0.15) is 51.9 Å². The van der Waals surface area contributed by atoms with Crippen LogP contribution in [0.25, 0.3) is 0 Å². The van der Waals surface area contributed by atoms with Gasteiger partial charge in [-0.3, -0.25) is 4.79 Å². The molecule has 104 valence electrons. The van der Waals surface area contributed by atoms with Crippen LogP contribution in [0.4, 0.5) is 0 Å². The van der Waals surface area contributed by atoms with Gasteiger partial charge in [0.05, 0.1) is 11.5 Å². The van der Waals surface area contributed by atoms with Crippen molar-refractivity contribution in [1.82, 2.24) is 4.90 Å². The van der Waals surface area contributed by atoms with E-state index in [2.05, 4.69) is 18.9 Å². The van der Waals surface area contributed by atoms with E-state index in [0.717, 1.165) is 25.7 Å². The Kier molecular flexibility index (Phi) is 3.97. The van der Waals surface area contributed by atoms with Crippen molar-refractivity contribution in [2.24, 2.45) is 5.92 Å². The highest BCUT2D eigenvalue weighted by atomic mass is 16.4. The van der Waals surface area contributed by atoms with E-state index in [9.17, 15) is 15.0 Å². The fraction of sp³-hybridized carbons (Fsp3) is 0.929. The quantitative estimate of drug-likeness (QED) is 0.787. The Morgan fingerprint density at radius 3 is 2.39 bits per heavy atom. The summed E-state index contributed by atoms with van der Waals surface area (Å²) in [7, 11) is 2.10. The third-order valence-electron chi connectivity index (χ3n) is 4.96. The van der Waals surface area contributed by atoms with Crippen molar-refractivity contribution >= 4 is 5.97 Å². The first kappa shape index (κ1) is 13.8. The van der Waals surface area contributed by atoms with E-state index in [1.54, 1.807) is 0 Å². The number of carbonyl (C=O) groups is 1. The molecule has 4 heteroatoms. The van der Waals surface area contributed by atoms with Crippen molar-refractivity contribution in [1.29, 1.82) is 0 Å². The number of carboxylic acids is 1. The zero-order chi connectivity index (χ0) is 13.3. The van der Waals surface area contributed by atoms with E-state index in [0.29, 0.717) is 31.3 Å². The van der Waals surface area contributed by atoms with Gasteiger partial charge >= 0.3 is 5.97 Å². The van der Waals surface area contributed by atoms with Gasteiger partial charge in [0.2, 0.25) is 0 Å². The average Bonchev–Trinajstić information content (AvgIpc) is 2.52. The predicted molar refractivity (Wildman–Crippen MR) is 69.4 cm³/mol. The third kappa shape index (κ3) is 2.41. The van der Waals surface area contributed by atoms with E-state index >= 15 is 0 Å². The molecule has 0 radical (unpaired) electrons. The van der Waals surface area contributed by atoms with Gasteiger partial charge in [0, 0.05) is 12.1 Å². The van der Waals surface area contributed by atoms with Crippen molar-refractivity contribution in [3.8, 4) is 0 Å². The number of piperidine rings is 1. The number of nitrogens with zero attached hydrogens (tertiary/aromatic N) is 1. The number of fused-ring (bicyclic) bond motifs is 2. The van der Waals surface area contributed by atoms with Crippen LogP contribution >= 0.6 is 0 Å². The van der Waals surface area contributed by atoms with E-state index < -0.39 is 17.5 Å². The monoisotopic (exact) mass is 255 g/mol. The molecule has 4 nitrogen and oxygen atoms in total. The molecule has 18 heavy (non-hydrogen) atoms. The second kappa shape index (κ2) is 5.17. The molecule has 2 fully saturated rings. The summed E-state index contributed by atoms with van der Waals surface area (Å²) in [5.74, 6) is -1.41. The van der Waals surface area contributed by atoms with E-state index in [-0.39, 0.29) is 0 Å².